The summed E-state index contributed by atoms with van der Waals surface area (Å²) in [7, 11) is 0. The Morgan fingerprint density at radius 2 is 1.75 bits per heavy atom. The highest BCUT2D eigenvalue weighted by Gasteiger charge is 2.14. The molecule has 0 aliphatic rings. The summed E-state index contributed by atoms with van der Waals surface area (Å²) in [4.78, 5) is 16.8. The number of rotatable bonds is 2. The molecule has 1 aromatic heterocycles. The van der Waals surface area contributed by atoms with Crippen LogP contribution in [0.15, 0.2) is 41.2 Å². The zero-order valence-electron chi connectivity index (χ0n) is 11.4. The summed E-state index contributed by atoms with van der Waals surface area (Å²) < 4.78 is 0. The second-order valence-corrected chi connectivity index (χ2v) is 5.15. The second kappa shape index (κ2) is 4.65. The van der Waals surface area contributed by atoms with Gasteiger partial charge in [0.15, 0.2) is 0 Å². The molecule has 4 heteroatoms. The Bertz CT molecular complexity index is 830. The van der Waals surface area contributed by atoms with Crippen molar-refractivity contribution >= 4 is 11.0 Å². The van der Waals surface area contributed by atoms with Crippen LogP contribution in [0.25, 0.3) is 11.0 Å². The number of hydrogen-bond acceptors (Lipinski definition) is 2. The van der Waals surface area contributed by atoms with Crippen molar-refractivity contribution in [3.05, 3.63) is 69.1 Å². The average Bonchev–Trinajstić information content (AvgIpc) is 2.76. The van der Waals surface area contributed by atoms with Gasteiger partial charge in [0, 0.05) is 0 Å². The number of aromatic nitrogens is 2. The fraction of sp³-hybridized carbons (Fsp3) is 0.188. The smallest absolute Gasteiger partial charge is 0.323 e. The molecule has 0 bridgehead atoms. The van der Waals surface area contributed by atoms with Crippen LogP contribution in [0.1, 0.15) is 28.4 Å². The standard InChI is InChI=1S/C16H16N2O2/c1-9-4-3-5-11(6-9)15(19)12-8-14-13(7-10(12)2)17-16(20)18-14/h3-8,15,19H,1-2H3,(H2,17,18,20). The normalized spacial score (nSPS) is 12.8. The first kappa shape index (κ1) is 12.7. The number of aliphatic hydroxyl groups excluding tert-OH is 1. The van der Waals surface area contributed by atoms with Crippen LogP contribution in [0.2, 0.25) is 0 Å². The van der Waals surface area contributed by atoms with Crippen molar-refractivity contribution in [2.24, 2.45) is 0 Å². The van der Waals surface area contributed by atoms with E-state index in [-0.39, 0.29) is 5.69 Å². The van der Waals surface area contributed by atoms with E-state index in [1.165, 1.54) is 0 Å². The van der Waals surface area contributed by atoms with Gasteiger partial charge >= 0.3 is 5.69 Å². The van der Waals surface area contributed by atoms with Crippen LogP contribution >= 0.6 is 0 Å². The number of aromatic amines is 2. The quantitative estimate of drug-likeness (QED) is 0.668. The monoisotopic (exact) mass is 268 g/mol. The SMILES string of the molecule is Cc1cccc(C(O)c2cc3[nH]c(=O)[nH]c3cc2C)c1. The molecule has 3 N–H and O–H groups in total. The van der Waals surface area contributed by atoms with Gasteiger partial charge in [-0.2, -0.15) is 0 Å². The topological polar surface area (TPSA) is 68.9 Å². The van der Waals surface area contributed by atoms with E-state index in [0.29, 0.717) is 5.52 Å². The van der Waals surface area contributed by atoms with Crippen LogP contribution in [-0.4, -0.2) is 15.1 Å². The molecular formula is C16H16N2O2. The Balaban J connectivity index is 2.13. The maximum atomic E-state index is 11.3. The third-order valence-corrected chi connectivity index (χ3v) is 3.56. The number of H-pyrrole nitrogens is 2. The molecule has 3 aromatic rings. The average molecular weight is 268 g/mol. The van der Waals surface area contributed by atoms with Crippen molar-refractivity contribution in [1.82, 2.24) is 9.97 Å². The van der Waals surface area contributed by atoms with E-state index in [1.807, 2.05) is 50.2 Å². The van der Waals surface area contributed by atoms with Gasteiger partial charge in [0.2, 0.25) is 0 Å². The molecule has 0 fully saturated rings. The van der Waals surface area contributed by atoms with Crippen LogP contribution in [0.5, 0.6) is 0 Å². The van der Waals surface area contributed by atoms with E-state index < -0.39 is 6.10 Å². The highest BCUT2D eigenvalue weighted by atomic mass is 16.3. The molecule has 2 aromatic carbocycles. The predicted octanol–water partition coefficient (Wildman–Crippen LogP) is 2.55. The lowest BCUT2D eigenvalue weighted by Gasteiger charge is -2.15. The Kier molecular flexibility index (Phi) is 2.95. The van der Waals surface area contributed by atoms with Gasteiger partial charge in [-0.05, 0) is 42.7 Å². The lowest BCUT2D eigenvalue weighted by Crippen LogP contribution is -2.02. The number of hydrogen-bond donors (Lipinski definition) is 3. The van der Waals surface area contributed by atoms with Crippen molar-refractivity contribution in [3.8, 4) is 0 Å². The predicted molar refractivity (Wildman–Crippen MR) is 78.9 cm³/mol. The first-order chi connectivity index (χ1) is 9.54. The minimum absolute atomic E-state index is 0.235. The molecule has 0 saturated carbocycles. The van der Waals surface area contributed by atoms with Crippen LogP contribution in [0.4, 0.5) is 0 Å². The second-order valence-electron chi connectivity index (χ2n) is 5.15. The third kappa shape index (κ3) is 2.14. The Hall–Kier alpha value is -2.33. The van der Waals surface area contributed by atoms with Crippen molar-refractivity contribution in [2.75, 3.05) is 0 Å². The molecule has 102 valence electrons. The van der Waals surface area contributed by atoms with E-state index in [1.54, 1.807) is 0 Å². The Morgan fingerprint density at radius 3 is 2.45 bits per heavy atom. The molecule has 0 radical (unpaired) electrons. The summed E-state index contributed by atoms with van der Waals surface area (Å²) in [6.07, 6.45) is -0.697. The van der Waals surface area contributed by atoms with Gasteiger partial charge in [0.1, 0.15) is 6.10 Å². The Morgan fingerprint density at radius 1 is 1.05 bits per heavy atom. The number of imidazole rings is 1. The van der Waals surface area contributed by atoms with E-state index in [4.69, 9.17) is 0 Å². The molecule has 1 atom stereocenters. The van der Waals surface area contributed by atoms with Crippen molar-refractivity contribution in [3.63, 3.8) is 0 Å². The number of fused-ring (bicyclic) bond motifs is 1. The maximum Gasteiger partial charge on any atom is 0.323 e. The molecule has 0 aliphatic carbocycles. The molecule has 4 nitrogen and oxygen atoms in total. The van der Waals surface area contributed by atoms with Gasteiger partial charge in [0.05, 0.1) is 11.0 Å². The van der Waals surface area contributed by atoms with E-state index in [2.05, 4.69) is 9.97 Å². The van der Waals surface area contributed by atoms with Crippen molar-refractivity contribution < 1.29 is 5.11 Å². The molecule has 0 saturated heterocycles. The minimum Gasteiger partial charge on any atom is -0.384 e. The summed E-state index contributed by atoms with van der Waals surface area (Å²) in [5.74, 6) is 0. The molecular weight excluding hydrogens is 252 g/mol. The molecule has 1 heterocycles. The Labute approximate surface area is 116 Å². The zero-order chi connectivity index (χ0) is 14.3. The van der Waals surface area contributed by atoms with E-state index in [0.717, 1.165) is 27.8 Å². The molecule has 20 heavy (non-hydrogen) atoms. The van der Waals surface area contributed by atoms with Crippen LogP contribution in [0.3, 0.4) is 0 Å². The fourth-order valence-electron chi connectivity index (χ4n) is 2.52. The fourth-order valence-corrected chi connectivity index (χ4v) is 2.52. The number of benzene rings is 2. The lowest BCUT2D eigenvalue weighted by atomic mass is 9.96. The number of aliphatic hydroxyl groups is 1. The summed E-state index contributed by atoms with van der Waals surface area (Å²) in [6.45, 7) is 3.93. The van der Waals surface area contributed by atoms with Gasteiger partial charge in [-0.3, -0.25) is 0 Å². The van der Waals surface area contributed by atoms with Crippen LogP contribution in [-0.2, 0) is 0 Å². The molecule has 0 aliphatic heterocycles. The first-order valence-corrected chi connectivity index (χ1v) is 6.52. The van der Waals surface area contributed by atoms with Gasteiger partial charge in [0.25, 0.3) is 0 Å². The third-order valence-electron chi connectivity index (χ3n) is 3.56. The minimum atomic E-state index is -0.697. The highest BCUT2D eigenvalue weighted by Crippen LogP contribution is 2.27. The van der Waals surface area contributed by atoms with Crippen LogP contribution in [0, 0.1) is 13.8 Å². The zero-order valence-corrected chi connectivity index (χ0v) is 11.4. The largest absolute Gasteiger partial charge is 0.384 e. The first-order valence-electron chi connectivity index (χ1n) is 6.52. The lowest BCUT2D eigenvalue weighted by molar-refractivity contribution is 0.219. The number of nitrogens with one attached hydrogen (secondary N) is 2. The van der Waals surface area contributed by atoms with Gasteiger partial charge in [-0.15, -0.1) is 0 Å². The van der Waals surface area contributed by atoms with Gasteiger partial charge in [-0.1, -0.05) is 29.8 Å². The summed E-state index contributed by atoms with van der Waals surface area (Å²) in [5.41, 5.74) is 4.94. The van der Waals surface area contributed by atoms with E-state index in [9.17, 15) is 9.90 Å². The summed E-state index contributed by atoms with van der Waals surface area (Å²) in [5, 5.41) is 10.6. The molecule has 0 spiro atoms. The summed E-state index contributed by atoms with van der Waals surface area (Å²) >= 11 is 0. The van der Waals surface area contributed by atoms with Crippen molar-refractivity contribution in [2.45, 2.75) is 20.0 Å². The van der Waals surface area contributed by atoms with Gasteiger partial charge in [-0.25, -0.2) is 4.79 Å². The molecule has 1 unspecified atom stereocenters. The highest BCUT2D eigenvalue weighted by molar-refractivity contribution is 5.76. The summed E-state index contributed by atoms with van der Waals surface area (Å²) in [6, 6.07) is 11.5. The van der Waals surface area contributed by atoms with Gasteiger partial charge < -0.3 is 15.1 Å². The number of aryl methyl sites for hydroxylation is 2. The van der Waals surface area contributed by atoms with Crippen molar-refractivity contribution in [1.29, 1.82) is 0 Å². The molecule has 0 amide bonds. The van der Waals surface area contributed by atoms with E-state index >= 15 is 0 Å². The molecule has 3 rings (SSSR count). The van der Waals surface area contributed by atoms with Crippen LogP contribution < -0.4 is 5.69 Å². The maximum absolute atomic E-state index is 11.3.